The monoisotopic (exact) mass is 403 g/mol. The van der Waals surface area contributed by atoms with Crippen LogP contribution < -0.4 is 27.2 Å². The van der Waals surface area contributed by atoms with Gasteiger partial charge in [-0.25, -0.2) is 15.0 Å². The first-order chi connectivity index (χ1) is 14.3. The quantitative estimate of drug-likeness (QED) is 0.451. The Bertz CT molecular complexity index is 1300. The lowest BCUT2D eigenvalue weighted by Gasteiger charge is -2.18. The summed E-state index contributed by atoms with van der Waals surface area (Å²) < 4.78 is 1.89. The normalized spacial score (nSPS) is 11.0. The lowest BCUT2D eigenvalue weighted by atomic mass is 9.67. The Hall–Kier alpha value is -2.99. The topological polar surface area (TPSA) is 72.7 Å². The third-order valence-electron chi connectivity index (χ3n) is 4.74. The van der Waals surface area contributed by atoms with Gasteiger partial charge in [0.05, 0.1) is 23.7 Å². The van der Waals surface area contributed by atoms with Crippen molar-refractivity contribution in [2.45, 2.75) is 0 Å². The Morgan fingerprint density at radius 2 is 1.77 bits per heavy atom. The molecule has 0 aliphatic heterocycles. The van der Waals surface area contributed by atoms with E-state index in [0.717, 1.165) is 16.6 Å². The van der Waals surface area contributed by atoms with Gasteiger partial charge in [-0.05, 0) is 6.07 Å². The largest absolute Gasteiger partial charge is 0.334 e. The van der Waals surface area contributed by atoms with E-state index in [-0.39, 0.29) is 38.4 Å². The molecular weight excluding hydrogens is 393 g/mol. The Kier molecular flexibility index (Phi) is 5.20. The van der Waals surface area contributed by atoms with Crippen LogP contribution >= 0.6 is 11.6 Å². The van der Waals surface area contributed by atoms with E-state index in [1.807, 2.05) is 29.8 Å². The van der Waals surface area contributed by atoms with E-state index in [4.69, 9.17) is 43.0 Å². The molecule has 4 rings (SSSR count). The molecule has 136 valence electrons. The SMILES string of the molecule is [B]c1c([B])c(C(=O)Nc2ncc3ccc(-c4cncn4C)cc3n2)c([B])c([B])c1Cl. The molecule has 6 nitrogen and oxygen atoms in total. The number of carbonyl (C=O) groups is 1. The number of hydrogen-bond donors (Lipinski definition) is 1. The van der Waals surface area contributed by atoms with E-state index in [2.05, 4.69) is 20.3 Å². The molecule has 0 fully saturated rings. The number of nitrogens with one attached hydrogen (secondary N) is 1. The number of fused-ring (bicyclic) bond motifs is 1. The van der Waals surface area contributed by atoms with Crippen LogP contribution in [0.4, 0.5) is 5.95 Å². The van der Waals surface area contributed by atoms with Crippen molar-refractivity contribution in [1.29, 1.82) is 0 Å². The Balaban J connectivity index is 1.71. The molecule has 0 aliphatic rings. The highest BCUT2D eigenvalue weighted by Gasteiger charge is 2.18. The van der Waals surface area contributed by atoms with Crippen molar-refractivity contribution >= 4 is 87.6 Å². The van der Waals surface area contributed by atoms with Crippen LogP contribution in [0.2, 0.25) is 5.02 Å². The van der Waals surface area contributed by atoms with Gasteiger partial charge in [0.25, 0.3) is 5.91 Å². The van der Waals surface area contributed by atoms with E-state index in [0.29, 0.717) is 5.52 Å². The molecule has 0 spiro atoms. The number of halogens is 1. The van der Waals surface area contributed by atoms with Crippen molar-refractivity contribution in [2.24, 2.45) is 7.05 Å². The van der Waals surface area contributed by atoms with Gasteiger partial charge in [0.2, 0.25) is 5.95 Å². The van der Waals surface area contributed by atoms with Crippen LogP contribution in [0.1, 0.15) is 10.4 Å². The van der Waals surface area contributed by atoms with Crippen LogP contribution in [0.25, 0.3) is 22.2 Å². The summed E-state index contributed by atoms with van der Waals surface area (Å²) in [4.78, 5) is 25.5. The second kappa shape index (κ2) is 7.69. The molecule has 30 heavy (non-hydrogen) atoms. The number of imidazole rings is 1. The summed E-state index contributed by atoms with van der Waals surface area (Å²) in [6, 6.07) is 5.71. The minimum absolute atomic E-state index is 0.00574. The lowest BCUT2D eigenvalue weighted by Crippen LogP contribution is -2.47. The summed E-state index contributed by atoms with van der Waals surface area (Å²) in [5, 5.41) is 3.39. The summed E-state index contributed by atoms with van der Waals surface area (Å²) in [6.07, 6.45) is 5.07. The molecule has 0 atom stereocenters. The number of carbonyl (C=O) groups excluding carboxylic acids is 1. The Labute approximate surface area is 183 Å². The Morgan fingerprint density at radius 3 is 2.40 bits per heavy atom. The first-order valence-corrected chi connectivity index (χ1v) is 9.12. The van der Waals surface area contributed by atoms with Crippen LogP contribution in [0.15, 0.2) is 36.9 Å². The standard InChI is InChI=1S/C19H10B4ClN5O/c1-29-7-25-6-11(29)8-2-3-9-5-26-19(27-10(9)4-8)28-18(30)12-13(20)15(22)17(24)16(23)14(12)21/h2-7H,1H3,(H,26,27,28,30). The predicted molar refractivity (Wildman–Crippen MR) is 123 cm³/mol. The fourth-order valence-corrected chi connectivity index (χ4v) is 3.29. The van der Waals surface area contributed by atoms with E-state index in [9.17, 15) is 4.79 Å². The van der Waals surface area contributed by atoms with Crippen molar-refractivity contribution in [3.63, 3.8) is 0 Å². The lowest BCUT2D eigenvalue weighted by molar-refractivity contribution is 0.102. The fraction of sp³-hybridized carbons (Fsp3) is 0.0526. The minimum Gasteiger partial charge on any atom is -0.334 e. The minimum atomic E-state index is -0.651. The Morgan fingerprint density at radius 1 is 1.07 bits per heavy atom. The van der Waals surface area contributed by atoms with Crippen molar-refractivity contribution in [1.82, 2.24) is 19.5 Å². The summed E-state index contributed by atoms with van der Waals surface area (Å²) in [5.74, 6) is -0.581. The second-order valence-electron chi connectivity index (χ2n) is 6.65. The predicted octanol–water partition coefficient (Wildman–Crippen LogP) is -0.889. The van der Waals surface area contributed by atoms with Crippen molar-refractivity contribution in [3.05, 3.63) is 47.5 Å². The van der Waals surface area contributed by atoms with Gasteiger partial charge in [0, 0.05) is 34.8 Å². The van der Waals surface area contributed by atoms with E-state index in [1.54, 1.807) is 18.7 Å². The van der Waals surface area contributed by atoms with E-state index in [1.165, 1.54) is 0 Å². The molecule has 0 bridgehead atoms. The molecule has 0 unspecified atom stereocenters. The molecule has 4 aromatic rings. The highest BCUT2D eigenvalue weighted by molar-refractivity contribution is 6.65. The zero-order chi connectivity index (χ0) is 21.6. The summed E-state index contributed by atoms with van der Waals surface area (Å²) >= 11 is 5.99. The summed E-state index contributed by atoms with van der Waals surface area (Å²) in [5.41, 5.74) is 2.23. The highest BCUT2D eigenvalue weighted by Crippen LogP contribution is 2.23. The summed E-state index contributed by atoms with van der Waals surface area (Å²) in [7, 11) is 25.4. The number of aryl methyl sites for hydroxylation is 1. The molecule has 1 N–H and O–H groups in total. The van der Waals surface area contributed by atoms with Gasteiger partial charge in [-0.1, -0.05) is 45.6 Å². The molecule has 11 heteroatoms. The first kappa shape index (κ1) is 20.3. The van der Waals surface area contributed by atoms with E-state index >= 15 is 0 Å². The smallest absolute Gasteiger partial charge is 0.256 e. The maximum atomic E-state index is 12.8. The molecule has 8 radical (unpaired) electrons. The fourth-order valence-electron chi connectivity index (χ4n) is 3.08. The van der Waals surface area contributed by atoms with Crippen molar-refractivity contribution in [3.8, 4) is 11.3 Å². The van der Waals surface area contributed by atoms with Gasteiger partial charge in [-0.15, -0.1) is 0 Å². The van der Waals surface area contributed by atoms with Gasteiger partial charge in [-0.2, -0.15) is 0 Å². The van der Waals surface area contributed by atoms with E-state index < -0.39 is 5.91 Å². The molecule has 0 saturated carbocycles. The van der Waals surface area contributed by atoms with Crippen LogP contribution in [-0.4, -0.2) is 56.8 Å². The summed E-state index contributed by atoms with van der Waals surface area (Å²) in [6.45, 7) is 0. The maximum absolute atomic E-state index is 12.8. The average Bonchev–Trinajstić information content (AvgIpc) is 3.16. The number of anilines is 1. The second-order valence-corrected chi connectivity index (χ2v) is 7.03. The van der Waals surface area contributed by atoms with Crippen molar-refractivity contribution in [2.75, 3.05) is 5.32 Å². The number of aromatic nitrogens is 4. The van der Waals surface area contributed by atoms with Gasteiger partial charge in [0.1, 0.15) is 31.4 Å². The van der Waals surface area contributed by atoms with Crippen LogP contribution in [0, 0.1) is 0 Å². The number of amides is 1. The zero-order valence-electron chi connectivity index (χ0n) is 15.8. The molecule has 2 heterocycles. The van der Waals surface area contributed by atoms with Gasteiger partial charge in [-0.3, -0.25) is 10.1 Å². The van der Waals surface area contributed by atoms with Gasteiger partial charge < -0.3 is 4.57 Å². The first-order valence-electron chi connectivity index (χ1n) is 8.74. The highest BCUT2D eigenvalue weighted by atomic mass is 35.5. The number of benzene rings is 2. The van der Waals surface area contributed by atoms with Crippen LogP contribution in [0.5, 0.6) is 0 Å². The van der Waals surface area contributed by atoms with Gasteiger partial charge in [0.15, 0.2) is 0 Å². The zero-order valence-corrected chi connectivity index (χ0v) is 16.6. The number of hydrogen-bond acceptors (Lipinski definition) is 4. The van der Waals surface area contributed by atoms with Gasteiger partial charge >= 0.3 is 0 Å². The molecule has 2 aromatic carbocycles. The molecule has 2 aromatic heterocycles. The third-order valence-corrected chi connectivity index (χ3v) is 5.15. The molecular formula is C19H10B4ClN5O. The van der Waals surface area contributed by atoms with Crippen LogP contribution in [0.3, 0.4) is 0 Å². The average molecular weight is 403 g/mol. The molecule has 0 saturated heterocycles. The number of nitrogens with zero attached hydrogens (tertiary/aromatic N) is 4. The number of rotatable bonds is 3. The molecule has 1 amide bonds. The maximum Gasteiger partial charge on any atom is 0.256 e. The molecule has 0 aliphatic carbocycles. The third kappa shape index (κ3) is 3.41. The van der Waals surface area contributed by atoms with Crippen LogP contribution in [-0.2, 0) is 7.05 Å². The van der Waals surface area contributed by atoms with Crippen molar-refractivity contribution < 1.29 is 4.79 Å².